The average Bonchev–Trinajstić information content (AvgIpc) is 2.34. The van der Waals surface area contributed by atoms with E-state index in [0.717, 1.165) is 31.6 Å². The Morgan fingerprint density at radius 2 is 2.00 bits per heavy atom. The summed E-state index contributed by atoms with van der Waals surface area (Å²) in [5, 5.41) is 0.124. The topological polar surface area (TPSA) is 32.5 Å². The zero-order valence-electron chi connectivity index (χ0n) is 10.8. The number of piperidine rings is 1. The number of hydrogen-bond donors (Lipinski definition) is 1. The van der Waals surface area contributed by atoms with Crippen LogP contribution in [0.5, 0.6) is 0 Å². The molecule has 1 aliphatic rings. The Bertz CT molecular complexity index is 430. The Hall–Kier alpha value is -1.00. The molecule has 100 valence electrons. The molecule has 1 aromatic carbocycles. The highest BCUT2D eigenvalue weighted by molar-refractivity contribution is 6.31. The second-order valence-electron chi connectivity index (χ2n) is 4.97. The minimum absolute atomic E-state index is 0.124. The molecule has 1 aromatic rings. The van der Waals surface area contributed by atoms with E-state index < -0.39 is 5.82 Å². The van der Waals surface area contributed by atoms with Crippen LogP contribution in [0, 0.1) is 5.82 Å². The summed E-state index contributed by atoms with van der Waals surface area (Å²) in [4.78, 5) is 4.43. The molecule has 1 heterocycles. The van der Waals surface area contributed by atoms with Crippen LogP contribution in [0.3, 0.4) is 0 Å². The highest BCUT2D eigenvalue weighted by atomic mass is 35.5. The van der Waals surface area contributed by atoms with Crippen molar-refractivity contribution in [3.05, 3.63) is 23.0 Å². The van der Waals surface area contributed by atoms with Gasteiger partial charge in [0.1, 0.15) is 5.82 Å². The summed E-state index contributed by atoms with van der Waals surface area (Å²) in [7, 11) is 4.12. The lowest BCUT2D eigenvalue weighted by molar-refractivity contribution is 0.253. The molecule has 0 spiro atoms. The molecule has 0 aromatic heterocycles. The van der Waals surface area contributed by atoms with Gasteiger partial charge in [-0.1, -0.05) is 11.6 Å². The summed E-state index contributed by atoms with van der Waals surface area (Å²) in [6, 6.07) is 3.35. The van der Waals surface area contributed by atoms with E-state index >= 15 is 0 Å². The molecule has 0 radical (unpaired) electrons. The summed E-state index contributed by atoms with van der Waals surface area (Å²) < 4.78 is 13.3. The molecule has 0 aliphatic carbocycles. The SMILES string of the molecule is CN1CCC(N(C)c2cc(Cl)c(F)cc2N)CC1. The third-order valence-corrected chi connectivity index (χ3v) is 3.98. The maximum Gasteiger partial charge on any atom is 0.143 e. The molecule has 2 rings (SSSR count). The van der Waals surface area contributed by atoms with E-state index in [1.807, 2.05) is 7.05 Å². The van der Waals surface area contributed by atoms with E-state index in [1.165, 1.54) is 6.07 Å². The number of likely N-dealkylation sites (tertiary alicyclic amines) is 1. The summed E-state index contributed by atoms with van der Waals surface area (Å²) >= 11 is 5.83. The van der Waals surface area contributed by atoms with Crippen molar-refractivity contribution in [2.24, 2.45) is 0 Å². The summed E-state index contributed by atoms with van der Waals surface area (Å²) in [6.07, 6.45) is 2.17. The first-order valence-corrected chi connectivity index (χ1v) is 6.52. The van der Waals surface area contributed by atoms with Crippen molar-refractivity contribution < 1.29 is 4.39 Å². The molecule has 1 saturated heterocycles. The van der Waals surface area contributed by atoms with Crippen LogP contribution in [-0.4, -0.2) is 38.1 Å². The van der Waals surface area contributed by atoms with Crippen LogP contribution in [0.4, 0.5) is 15.8 Å². The van der Waals surface area contributed by atoms with Gasteiger partial charge in [-0.2, -0.15) is 0 Å². The second-order valence-corrected chi connectivity index (χ2v) is 5.38. The van der Waals surface area contributed by atoms with Crippen LogP contribution >= 0.6 is 11.6 Å². The van der Waals surface area contributed by atoms with Crippen LogP contribution in [0.15, 0.2) is 12.1 Å². The molecule has 18 heavy (non-hydrogen) atoms. The molecule has 1 fully saturated rings. The molecule has 1 aliphatic heterocycles. The first-order chi connectivity index (χ1) is 8.49. The highest BCUT2D eigenvalue weighted by Crippen LogP contribution is 2.31. The first kappa shape index (κ1) is 13.4. The highest BCUT2D eigenvalue weighted by Gasteiger charge is 2.22. The Morgan fingerprint density at radius 1 is 1.39 bits per heavy atom. The third-order valence-electron chi connectivity index (χ3n) is 3.69. The maximum absolute atomic E-state index is 13.3. The van der Waals surface area contributed by atoms with Gasteiger partial charge in [0.25, 0.3) is 0 Å². The van der Waals surface area contributed by atoms with Crippen molar-refractivity contribution >= 4 is 23.0 Å². The minimum Gasteiger partial charge on any atom is -0.397 e. The molecule has 5 heteroatoms. The van der Waals surface area contributed by atoms with Gasteiger partial charge < -0.3 is 15.5 Å². The minimum atomic E-state index is -0.463. The maximum atomic E-state index is 13.3. The van der Waals surface area contributed by atoms with E-state index in [0.29, 0.717) is 11.7 Å². The van der Waals surface area contributed by atoms with Crippen LogP contribution in [-0.2, 0) is 0 Å². The summed E-state index contributed by atoms with van der Waals surface area (Å²) in [5.74, 6) is -0.463. The van der Waals surface area contributed by atoms with Gasteiger partial charge in [-0.05, 0) is 39.0 Å². The first-order valence-electron chi connectivity index (χ1n) is 6.15. The normalized spacial score (nSPS) is 18.0. The Morgan fingerprint density at radius 3 is 2.61 bits per heavy atom. The van der Waals surface area contributed by atoms with Crippen LogP contribution < -0.4 is 10.6 Å². The zero-order valence-corrected chi connectivity index (χ0v) is 11.5. The number of benzene rings is 1. The van der Waals surface area contributed by atoms with Crippen molar-refractivity contribution in [3.63, 3.8) is 0 Å². The lowest BCUT2D eigenvalue weighted by atomic mass is 10.0. The third kappa shape index (κ3) is 2.70. The molecule has 0 amide bonds. The molecule has 0 atom stereocenters. The molecule has 0 saturated carbocycles. The predicted octanol–water partition coefficient (Wildman–Crippen LogP) is 2.59. The van der Waals surface area contributed by atoms with Gasteiger partial charge in [-0.15, -0.1) is 0 Å². The van der Waals surface area contributed by atoms with Gasteiger partial charge >= 0.3 is 0 Å². The number of hydrogen-bond acceptors (Lipinski definition) is 3. The fourth-order valence-electron chi connectivity index (χ4n) is 2.44. The van der Waals surface area contributed by atoms with Crippen molar-refractivity contribution in [1.29, 1.82) is 0 Å². The van der Waals surface area contributed by atoms with Gasteiger partial charge in [-0.25, -0.2) is 4.39 Å². The van der Waals surface area contributed by atoms with Gasteiger partial charge in [0.15, 0.2) is 0 Å². The average molecular weight is 272 g/mol. The second kappa shape index (κ2) is 5.33. The van der Waals surface area contributed by atoms with E-state index in [4.69, 9.17) is 17.3 Å². The van der Waals surface area contributed by atoms with E-state index in [2.05, 4.69) is 16.8 Å². The Kier molecular flexibility index (Phi) is 3.97. The van der Waals surface area contributed by atoms with Crippen molar-refractivity contribution in [2.75, 3.05) is 37.8 Å². The molecule has 3 nitrogen and oxygen atoms in total. The van der Waals surface area contributed by atoms with Crippen LogP contribution in [0.2, 0.25) is 5.02 Å². The zero-order chi connectivity index (χ0) is 13.3. The fraction of sp³-hybridized carbons (Fsp3) is 0.538. The monoisotopic (exact) mass is 271 g/mol. The molecular weight excluding hydrogens is 253 g/mol. The number of nitrogens with two attached hydrogens (primary N) is 1. The number of nitrogen functional groups attached to an aromatic ring is 1. The molecule has 2 N–H and O–H groups in total. The predicted molar refractivity (Wildman–Crippen MR) is 74.7 cm³/mol. The number of anilines is 2. The fourth-order valence-corrected chi connectivity index (χ4v) is 2.59. The van der Waals surface area contributed by atoms with Crippen LogP contribution in [0.25, 0.3) is 0 Å². The van der Waals surface area contributed by atoms with Crippen LogP contribution in [0.1, 0.15) is 12.8 Å². The van der Waals surface area contributed by atoms with Crippen molar-refractivity contribution in [2.45, 2.75) is 18.9 Å². The lowest BCUT2D eigenvalue weighted by Gasteiger charge is -2.37. The van der Waals surface area contributed by atoms with Gasteiger partial charge in [-0.3, -0.25) is 0 Å². The summed E-state index contributed by atoms with van der Waals surface area (Å²) in [5.41, 5.74) is 7.13. The standard InChI is InChI=1S/C13H19ClFN3/c1-17-5-3-9(4-6-17)18(2)13-7-10(14)11(15)8-12(13)16/h7-9H,3-6,16H2,1-2H3. The Labute approximate surface area is 112 Å². The van der Waals surface area contributed by atoms with Crippen molar-refractivity contribution in [3.8, 4) is 0 Å². The number of halogens is 2. The van der Waals surface area contributed by atoms with E-state index in [-0.39, 0.29) is 5.02 Å². The summed E-state index contributed by atoms with van der Waals surface area (Å²) in [6.45, 7) is 2.15. The lowest BCUT2D eigenvalue weighted by Crippen LogP contribution is -2.42. The number of rotatable bonds is 2. The molecule has 0 unspecified atom stereocenters. The Balaban J connectivity index is 2.18. The largest absolute Gasteiger partial charge is 0.397 e. The van der Waals surface area contributed by atoms with Crippen molar-refractivity contribution in [1.82, 2.24) is 4.90 Å². The van der Waals surface area contributed by atoms with E-state index in [9.17, 15) is 4.39 Å². The molecular formula is C13H19ClFN3. The van der Waals surface area contributed by atoms with Gasteiger partial charge in [0.05, 0.1) is 16.4 Å². The smallest absolute Gasteiger partial charge is 0.143 e. The quantitative estimate of drug-likeness (QED) is 0.840. The van der Waals surface area contributed by atoms with Gasteiger partial charge in [0, 0.05) is 19.2 Å². The number of nitrogens with zero attached hydrogens (tertiary/aromatic N) is 2. The molecule has 0 bridgehead atoms. The van der Waals surface area contributed by atoms with E-state index in [1.54, 1.807) is 6.07 Å². The van der Waals surface area contributed by atoms with Gasteiger partial charge in [0.2, 0.25) is 0 Å².